The maximum absolute atomic E-state index is 5.42. The van der Waals surface area contributed by atoms with Crippen LogP contribution in [0.5, 0.6) is 11.5 Å². The average molecular weight is 380 g/mol. The number of hydrogen-bond donors (Lipinski definition) is 0. The highest BCUT2D eigenvalue weighted by molar-refractivity contribution is 7.19. The Balaban J connectivity index is 1.70. The van der Waals surface area contributed by atoms with Gasteiger partial charge in [-0.3, -0.25) is 0 Å². The minimum Gasteiger partial charge on any atom is -0.493 e. The van der Waals surface area contributed by atoms with Crippen molar-refractivity contribution in [2.75, 3.05) is 14.2 Å². The Morgan fingerprint density at radius 3 is 2.85 bits per heavy atom. The number of fused-ring (bicyclic) bond motifs is 5. The van der Waals surface area contributed by atoms with Gasteiger partial charge in [0.05, 0.1) is 19.6 Å². The number of hydrogen-bond acceptors (Lipinski definition) is 6. The van der Waals surface area contributed by atoms with Crippen LogP contribution < -0.4 is 9.47 Å². The summed E-state index contributed by atoms with van der Waals surface area (Å²) in [6, 6.07) is 5.73. The Hall–Kier alpha value is -2.67. The third-order valence-electron chi connectivity index (χ3n) is 5.27. The van der Waals surface area contributed by atoms with Gasteiger partial charge in [0.25, 0.3) is 0 Å². The molecule has 1 aromatic carbocycles. The monoisotopic (exact) mass is 380 g/mol. The van der Waals surface area contributed by atoms with E-state index >= 15 is 0 Å². The summed E-state index contributed by atoms with van der Waals surface area (Å²) >= 11 is 1.80. The Morgan fingerprint density at radius 1 is 1.19 bits per heavy atom. The topological polar surface area (TPSA) is 61.5 Å². The second kappa shape index (κ2) is 6.20. The number of rotatable bonds is 3. The summed E-state index contributed by atoms with van der Waals surface area (Å²) < 4.78 is 12.5. The first kappa shape index (κ1) is 16.5. The molecule has 0 unspecified atom stereocenters. The maximum Gasteiger partial charge on any atom is 0.182 e. The summed E-state index contributed by atoms with van der Waals surface area (Å²) in [7, 11) is 3.26. The molecule has 0 bridgehead atoms. The van der Waals surface area contributed by atoms with Crippen molar-refractivity contribution in [1.82, 2.24) is 19.6 Å². The lowest BCUT2D eigenvalue weighted by atomic mass is 9.89. The second-order valence-electron chi connectivity index (χ2n) is 7.05. The molecule has 27 heavy (non-hydrogen) atoms. The van der Waals surface area contributed by atoms with Crippen molar-refractivity contribution >= 4 is 27.2 Å². The minimum atomic E-state index is 0.661. The van der Waals surface area contributed by atoms with E-state index in [1.165, 1.54) is 22.2 Å². The molecule has 3 heterocycles. The molecule has 0 radical (unpaired) electrons. The molecule has 0 aliphatic heterocycles. The zero-order chi connectivity index (χ0) is 18.5. The van der Waals surface area contributed by atoms with Gasteiger partial charge in [-0.2, -0.15) is 0 Å². The number of thiophene rings is 1. The van der Waals surface area contributed by atoms with E-state index in [0.717, 1.165) is 28.9 Å². The Kier molecular flexibility index (Phi) is 3.79. The third kappa shape index (κ3) is 2.56. The summed E-state index contributed by atoms with van der Waals surface area (Å²) in [4.78, 5) is 12.0. The normalized spacial score (nSPS) is 16.6. The fourth-order valence-electron chi connectivity index (χ4n) is 3.84. The molecule has 3 aromatic heterocycles. The van der Waals surface area contributed by atoms with E-state index in [1.807, 2.05) is 18.2 Å². The quantitative estimate of drug-likeness (QED) is 0.534. The largest absolute Gasteiger partial charge is 0.493 e. The predicted molar refractivity (Wildman–Crippen MR) is 106 cm³/mol. The zero-order valence-corrected chi connectivity index (χ0v) is 16.3. The summed E-state index contributed by atoms with van der Waals surface area (Å²) in [5.74, 6) is 2.71. The van der Waals surface area contributed by atoms with Gasteiger partial charge in [-0.1, -0.05) is 6.92 Å². The van der Waals surface area contributed by atoms with Crippen LogP contribution in [0.3, 0.4) is 0 Å². The van der Waals surface area contributed by atoms with Crippen LogP contribution in [0.25, 0.3) is 27.3 Å². The van der Waals surface area contributed by atoms with Gasteiger partial charge in [0.15, 0.2) is 23.0 Å². The standard InChI is InChI=1S/C20H20N4O2S/c1-11-4-7-16-13(8-11)17-19-22-18(23-24(19)10-21-20(17)27-16)12-5-6-14(25-2)15(9-12)26-3/h5-6,9-11H,4,7-8H2,1-3H3/t11-/m1/s1. The highest BCUT2D eigenvalue weighted by Crippen LogP contribution is 2.39. The van der Waals surface area contributed by atoms with Crippen LogP contribution in [0.15, 0.2) is 24.5 Å². The number of methoxy groups -OCH3 is 2. The Morgan fingerprint density at radius 2 is 2.04 bits per heavy atom. The molecule has 138 valence electrons. The highest BCUT2D eigenvalue weighted by atomic mass is 32.1. The Bertz CT molecular complexity index is 1160. The summed E-state index contributed by atoms with van der Waals surface area (Å²) in [5.41, 5.74) is 3.19. The summed E-state index contributed by atoms with van der Waals surface area (Å²) in [5, 5.41) is 5.83. The molecule has 0 amide bonds. The van der Waals surface area contributed by atoms with Crippen LogP contribution in [0.2, 0.25) is 0 Å². The van der Waals surface area contributed by atoms with Crippen LogP contribution in [0.1, 0.15) is 23.8 Å². The molecule has 1 aliphatic carbocycles. The van der Waals surface area contributed by atoms with E-state index in [9.17, 15) is 0 Å². The van der Waals surface area contributed by atoms with Crippen molar-refractivity contribution in [2.45, 2.75) is 26.2 Å². The van der Waals surface area contributed by atoms with Crippen LogP contribution in [-0.2, 0) is 12.8 Å². The van der Waals surface area contributed by atoms with Crippen molar-refractivity contribution in [3.63, 3.8) is 0 Å². The second-order valence-corrected chi connectivity index (χ2v) is 8.13. The molecule has 0 saturated carbocycles. The van der Waals surface area contributed by atoms with Gasteiger partial charge in [-0.05, 0) is 48.9 Å². The maximum atomic E-state index is 5.42. The van der Waals surface area contributed by atoms with E-state index in [4.69, 9.17) is 14.5 Å². The van der Waals surface area contributed by atoms with Gasteiger partial charge in [0.2, 0.25) is 0 Å². The van der Waals surface area contributed by atoms with Gasteiger partial charge in [0, 0.05) is 10.4 Å². The first-order chi connectivity index (χ1) is 13.2. The number of aryl methyl sites for hydroxylation is 1. The molecule has 0 saturated heterocycles. The lowest BCUT2D eigenvalue weighted by Gasteiger charge is -2.17. The molecule has 1 atom stereocenters. The molecular weight excluding hydrogens is 360 g/mol. The van der Waals surface area contributed by atoms with Crippen molar-refractivity contribution in [2.24, 2.45) is 5.92 Å². The van der Waals surface area contributed by atoms with Gasteiger partial charge in [-0.25, -0.2) is 14.5 Å². The lowest BCUT2D eigenvalue weighted by Crippen LogP contribution is -2.09. The molecule has 0 spiro atoms. The fourth-order valence-corrected chi connectivity index (χ4v) is 5.02. The van der Waals surface area contributed by atoms with Crippen LogP contribution in [0, 0.1) is 5.92 Å². The minimum absolute atomic E-state index is 0.661. The van der Waals surface area contributed by atoms with Gasteiger partial charge in [0.1, 0.15) is 11.2 Å². The van der Waals surface area contributed by atoms with Gasteiger partial charge in [-0.15, -0.1) is 16.4 Å². The SMILES string of the molecule is COc1ccc(-c2nc3c4c5c(sc4ncn3n2)CC[C@@H](C)C5)cc1OC. The summed E-state index contributed by atoms with van der Waals surface area (Å²) in [6.07, 6.45) is 5.25. The number of benzene rings is 1. The zero-order valence-electron chi connectivity index (χ0n) is 15.5. The molecule has 6 nitrogen and oxygen atoms in total. The van der Waals surface area contributed by atoms with Gasteiger partial charge < -0.3 is 9.47 Å². The molecule has 0 fully saturated rings. The van der Waals surface area contributed by atoms with Crippen LogP contribution in [0.4, 0.5) is 0 Å². The molecule has 4 aromatic rings. The van der Waals surface area contributed by atoms with Crippen molar-refractivity contribution in [1.29, 1.82) is 0 Å². The fraction of sp³-hybridized carbons (Fsp3) is 0.350. The molecule has 0 N–H and O–H groups in total. The number of aromatic nitrogens is 4. The van der Waals surface area contributed by atoms with Gasteiger partial charge >= 0.3 is 0 Å². The van der Waals surface area contributed by atoms with E-state index in [1.54, 1.807) is 36.4 Å². The van der Waals surface area contributed by atoms with Crippen molar-refractivity contribution in [3.8, 4) is 22.9 Å². The highest BCUT2D eigenvalue weighted by Gasteiger charge is 2.24. The first-order valence-electron chi connectivity index (χ1n) is 9.06. The lowest BCUT2D eigenvalue weighted by molar-refractivity contribution is 0.355. The van der Waals surface area contributed by atoms with E-state index in [2.05, 4.69) is 17.0 Å². The smallest absolute Gasteiger partial charge is 0.182 e. The molecular formula is C20H20N4O2S. The molecule has 1 aliphatic rings. The molecule has 5 rings (SSSR count). The Labute approximate surface area is 160 Å². The predicted octanol–water partition coefficient (Wildman–Crippen LogP) is 4.15. The van der Waals surface area contributed by atoms with Crippen LogP contribution in [-0.4, -0.2) is 33.8 Å². The summed E-state index contributed by atoms with van der Waals surface area (Å²) in [6.45, 7) is 2.32. The third-order valence-corrected chi connectivity index (χ3v) is 6.47. The first-order valence-corrected chi connectivity index (χ1v) is 9.87. The molecule has 7 heteroatoms. The van der Waals surface area contributed by atoms with E-state index < -0.39 is 0 Å². The van der Waals surface area contributed by atoms with E-state index in [0.29, 0.717) is 23.2 Å². The number of ether oxygens (including phenoxy) is 2. The van der Waals surface area contributed by atoms with E-state index in [-0.39, 0.29) is 0 Å². The van der Waals surface area contributed by atoms with Crippen molar-refractivity contribution < 1.29 is 9.47 Å². The van der Waals surface area contributed by atoms with Crippen LogP contribution >= 0.6 is 11.3 Å². The van der Waals surface area contributed by atoms with Crippen molar-refractivity contribution in [3.05, 3.63) is 35.0 Å². The average Bonchev–Trinajstić information content (AvgIpc) is 3.28. The number of nitrogens with zero attached hydrogens (tertiary/aromatic N) is 4.